The number of fused-ring (bicyclic) bond motifs is 1. The molecule has 1 aromatic rings. The molecule has 0 aliphatic carbocycles. The zero-order chi connectivity index (χ0) is 9.26. The fourth-order valence-electron chi connectivity index (χ4n) is 1.52. The molecule has 0 aromatic carbocycles. The average Bonchev–Trinajstić information content (AvgIpc) is 2.44. The molecule has 0 fully saturated rings. The van der Waals surface area contributed by atoms with Crippen molar-refractivity contribution in [2.45, 2.75) is 26.2 Å². The van der Waals surface area contributed by atoms with Gasteiger partial charge >= 0.3 is 0 Å². The van der Waals surface area contributed by atoms with Crippen molar-refractivity contribution >= 4 is 11.7 Å². The maximum atomic E-state index is 11.0. The Hall–Kier alpha value is -1.38. The van der Waals surface area contributed by atoms with Gasteiger partial charge in [0.2, 0.25) is 5.91 Å². The molecule has 0 unspecified atom stereocenters. The lowest BCUT2D eigenvalue weighted by molar-refractivity contribution is -0.115. The van der Waals surface area contributed by atoms with E-state index in [1.54, 1.807) is 0 Å². The van der Waals surface area contributed by atoms with Gasteiger partial charge in [-0.25, -0.2) is 4.98 Å². The molecule has 1 N–H and O–H groups in total. The van der Waals surface area contributed by atoms with E-state index >= 15 is 0 Å². The molecule has 0 radical (unpaired) electrons. The second kappa shape index (κ2) is 3.17. The Morgan fingerprint density at radius 1 is 1.54 bits per heavy atom. The lowest BCUT2D eigenvalue weighted by atomic mass is 10.2. The summed E-state index contributed by atoms with van der Waals surface area (Å²) in [7, 11) is 0. The van der Waals surface area contributed by atoms with Crippen molar-refractivity contribution < 1.29 is 4.79 Å². The van der Waals surface area contributed by atoms with Gasteiger partial charge < -0.3 is 5.32 Å². The van der Waals surface area contributed by atoms with Crippen molar-refractivity contribution in [3.63, 3.8) is 0 Å². The molecule has 1 aliphatic rings. The zero-order valence-corrected chi connectivity index (χ0v) is 7.63. The molecule has 0 saturated carbocycles. The predicted molar refractivity (Wildman–Crippen MR) is 50.6 cm³/mol. The SMILES string of the molecule is CCCc1ccc2c(n1)NC(=O)C2. The third-order valence-electron chi connectivity index (χ3n) is 2.15. The van der Waals surface area contributed by atoms with Crippen molar-refractivity contribution in [3.05, 3.63) is 23.4 Å². The van der Waals surface area contributed by atoms with Crippen LogP contribution in [-0.2, 0) is 17.6 Å². The first kappa shape index (κ1) is 8.23. The van der Waals surface area contributed by atoms with Gasteiger partial charge in [0.15, 0.2) is 0 Å². The summed E-state index contributed by atoms with van der Waals surface area (Å²) in [5.41, 5.74) is 2.08. The molecule has 0 spiro atoms. The van der Waals surface area contributed by atoms with Gasteiger partial charge in [0.1, 0.15) is 5.82 Å². The molecular formula is C10H12N2O. The van der Waals surface area contributed by atoms with E-state index in [1.165, 1.54) is 0 Å². The molecule has 0 atom stereocenters. The van der Waals surface area contributed by atoms with Gasteiger partial charge in [-0.3, -0.25) is 4.79 Å². The Kier molecular flexibility index (Phi) is 2.00. The summed E-state index contributed by atoms with van der Waals surface area (Å²) < 4.78 is 0. The summed E-state index contributed by atoms with van der Waals surface area (Å²) in [6, 6.07) is 3.99. The minimum Gasteiger partial charge on any atom is -0.310 e. The highest BCUT2D eigenvalue weighted by atomic mass is 16.1. The van der Waals surface area contributed by atoms with E-state index in [0.717, 1.165) is 29.9 Å². The summed E-state index contributed by atoms with van der Waals surface area (Å²) in [5.74, 6) is 0.812. The van der Waals surface area contributed by atoms with Crippen molar-refractivity contribution in [1.29, 1.82) is 0 Å². The number of anilines is 1. The molecule has 2 rings (SSSR count). The molecule has 2 heterocycles. The monoisotopic (exact) mass is 176 g/mol. The van der Waals surface area contributed by atoms with Crippen LogP contribution in [0.3, 0.4) is 0 Å². The van der Waals surface area contributed by atoms with Crippen LogP contribution < -0.4 is 5.32 Å². The number of hydrogen-bond acceptors (Lipinski definition) is 2. The van der Waals surface area contributed by atoms with Gasteiger partial charge in [0.25, 0.3) is 0 Å². The lowest BCUT2D eigenvalue weighted by Crippen LogP contribution is -2.04. The predicted octanol–water partition coefficient (Wildman–Crippen LogP) is 1.53. The Labute approximate surface area is 77.2 Å². The van der Waals surface area contributed by atoms with Crippen molar-refractivity contribution in [3.8, 4) is 0 Å². The van der Waals surface area contributed by atoms with E-state index < -0.39 is 0 Å². The van der Waals surface area contributed by atoms with Crippen LogP contribution in [0.5, 0.6) is 0 Å². The van der Waals surface area contributed by atoms with Gasteiger partial charge in [0.05, 0.1) is 6.42 Å². The third kappa shape index (κ3) is 1.54. The quantitative estimate of drug-likeness (QED) is 0.742. The molecule has 13 heavy (non-hydrogen) atoms. The number of aryl methyl sites for hydroxylation is 1. The third-order valence-corrected chi connectivity index (χ3v) is 2.15. The highest BCUT2D eigenvalue weighted by Gasteiger charge is 2.18. The largest absolute Gasteiger partial charge is 0.310 e. The first-order valence-electron chi connectivity index (χ1n) is 4.58. The van der Waals surface area contributed by atoms with Crippen LogP contribution in [0, 0.1) is 0 Å². The van der Waals surface area contributed by atoms with Crippen molar-refractivity contribution in [2.24, 2.45) is 0 Å². The summed E-state index contributed by atoms with van der Waals surface area (Å²) in [5, 5.41) is 2.75. The number of aromatic nitrogens is 1. The maximum Gasteiger partial charge on any atom is 0.230 e. The molecule has 3 heteroatoms. The summed E-state index contributed by atoms with van der Waals surface area (Å²) >= 11 is 0. The van der Waals surface area contributed by atoms with Crippen molar-refractivity contribution in [1.82, 2.24) is 4.98 Å². The van der Waals surface area contributed by atoms with Crippen LogP contribution in [0.4, 0.5) is 5.82 Å². The number of hydrogen-bond donors (Lipinski definition) is 1. The summed E-state index contributed by atoms with van der Waals surface area (Å²) in [6.45, 7) is 2.12. The van der Waals surface area contributed by atoms with Gasteiger partial charge in [0, 0.05) is 11.3 Å². The van der Waals surface area contributed by atoms with E-state index in [0.29, 0.717) is 6.42 Å². The number of nitrogens with one attached hydrogen (secondary N) is 1. The Balaban J connectivity index is 2.29. The fourth-order valence-corrected chi connectivity index (χ4v) is 1.52. The van der Waals surface area contributed by atoms with Crippen LogP contribution >= 0.6 is 0 Å². The highest BCUT2D eigenvalue weighted by molar-refractivity contribution is 5.97. The normalized spacial score (nSPS) is 14.1. The number of carbonyl (C=O) groups is 1. The van der Waals surface area contributed by atoms with E-state index in [9.17, 15) is 4.79 Å². The standard InChI is InChI=1S/C10H12N2O/c1-2-3-8-5-4-7-6-9(13)12-10(7)11-8/h4-5H,2-3,6H2,1H3,(H,11,12,13). The number of rotatable bonds is 2. The van der Waals surface area contributed by atoms with Gasteiger partial charge in [-0.1, -0.05) is 19.4 Å². The van der Waals surface area contributed by atoms with Gasteiger partial charge in [-0.2, -0.15) is 0 Å². The molecule has 0 saturated heterocycles. The fraction of sp³-hybridized carbons (Fsp3) is 0.400. The minimum atomic E-state index is 0.0520. The first-order chi connectivity index (χ1) is 6.29. The Morgan fingerprint density at radius 3 is 3.15 bits per heavy atom. The first-order valence-corrected chi connectivity index (χ1v) is 4.58. The van der Waals surface area contributed by atoms with E-state index in [4.69, 9.17) is 0 Å². The summed E-state index contributed by atoms with van der Waals surface area (Å²) in [6.07, 6.45) is 2.54. The zero-order valence-electron chi connectivity index (χ0n) is 7.63. The molecule has 1 amide bonds. The van der Waals surface area contributed by atoms with E-state index in [-0.39, 0.29) is 5.91 Å². The molecule has 0 bridgehead atoms. The van der Waals surface area contributed by atoms with Gasteiger partial charge in [-0.15, -0.1) is 0 Å². The minimum absolute atomic E-state index is 0.0520. The van der Waals surface area contributed by atoms with Crippen LogP contribution in [0.15, 0.2) is 12.1 Å². The second-order valence-corrected chi connectivity index (χ2v) is 3.29. The van der Waals surface area contributed by atoms with Crippen LogP contribution in [0.1, 0.15) is 24.6 Å². The topological polar surface area (TPSA) is 42.0 Å². The summed E-state index contributed by atoms with van der Waals surface area (Å²) in [4.78, 5) is 15.4. The smallest absolute Gasteiger partial charge is 0.230 e. The maximum absolute atomic E-state index is 11.0. The number of carbonyl (C=O) groups excluding carboxylic acids is 1. The van der Waals surface area contributed by atoms with Gasteiger partial charge in [-0.05, 0) is 12.5 Å². The van der Waals surface area contributed by atoms with Crippen LogP contribution in [-0.4, -0.2) is 10.9 Å². The van der Waals surface area contributed by atoms with E-state index in [2.05, 4.69) is 17.2 Å². The Morgan fingerprint density at radius 2 is 2.38 bits per heavy atom. The average molecular weight is 176 g/mol. The molecule has 1 aromatic heterocycles. The molecular weight excluding hydrogens is 164 g/mol. The van der Waals surface area contributed by atoms with Crippen LogP contribution in [0.25, 0.3) is 0 Å². The molecule has 1 aliphatic heterocycles. The molecule has 68 valence electrons. The highest BCUT2D eigenvalue weighted by Crippen LogP contribution is 2.20. The number of nitrogens with zero attached hydrogens (tertiary/aromatic N) is 1. The van der Waals surface area contributed by atoms with E-state index in [1.807, 2.05) is 12.1 Å². The lowest BCUT2D eigenvalue weighted by Gasteiger charge is -2.00. The second-order valence-electron chi connectivity index (χ2n) is 3.29. The number of amides is 1. The number of pyridine rings is 1. The van der Waals surface area contributed by atoms with Crippen LogP contribution in [0.2, 0.25) is 0 Å². The Bertz CT molecular complexity index is 347. The van der Waals surface area contributed by atoms with Crippen molar-refractivity contribution in [2.75, 3.05) is 5.32 Å². The molecule has 3 nitrogen and oxygen atoms in total.